The van der Waals surface area contributed by atoms with E-state index >= 15 is 0 Å². The first-order valence-corrected chi connectivity index (χ1v) is 15.5. The minimum atomic E-state index is -3.61. The highest BCUT2D eigenvalue weighted by molar-refractivity contribution is 8.72. The summed E-state index contributed by atoms with van der Waals surface area (Å²) in [5.74, 6) is -0.406. The van der Waals surface area contributed by atoms with Gasteiger partial charge in [-0.25, -0.2) is 12.8 Å². The molecule has 2 fully saturated rings. The molecule has 1 aliphatic carbocycles. The Labute approximate surface area is 218 Å². The molecule has 2 unspecified atom stereocenters. The van der Waals surface area contributed by atoms with E-state index in [4.69, 9.17) is 0 Å². The Kier molecular flexibility index (Phi) is 7.39. The number of Topliss-reactive ketones (excluding diaryl/α,β-unsaturated/α-hetero) is 1. The van der Waals surface area contributed by atoms with Gasteiger partial charge < -0.3 is 0 Å². The summed E-state index contributed by atoms with van der Waals surface area (Å²) in [6.07, 6.45) is 4.02. The molecule has 5 rings (SSSR count). The number of halogens is 1. The van der Waals surface area contributed by atoms with Gasteiger partial charge in [-0.15, -0.1) is 5.10 Å². The standard InChI is InChI=1S/C26H26FN3O3S3/c1-17-6-10-21(11-7-17)36(32,33)35-24-12-13-30(15-19(24)14-20-16-34-29-28-20)25(26(31)18-8-9-18)22-4-2-3-5-23(22)27/h2-7,10-11,14,16,18,24-25H,8-9,12-13,15H2,1H3/b19-14-. The molecule has 36 heavy (non-hydrogen) atoms. The SMILES string of the molecule is Cc1ccc(S(=O)(=O)SC2CCN(C(C(=O)C3CC3)c3ccccc3F)C/C2=C/c2csnn2)cc1. The fraction of sp³-hybridized carbons (Fsp3) is 0.346. The number of piperidine rings is 1. The van der Waals surface area contributed by atoms with E-state index in [0.29, 0.717) is 30.8 Å². The van der Waals surface area contributed by atoms with Crippen molar-refractivity contribution >= 4 is 43.1 Å². The maximum absolute atomic E-state index is 14.9. The molecule has 188 valence electrons. The predicted molar refractivity (Wildman–Crippen MR) is 141 cm³/mol. The number of carbonyl (C=O) groups excluding carboxylic acids is 1. The summed E-state index contributed by atoms with van der Waals surface area (Å²) in [7, 11) is -2.68. The third kappa shape index (κ3) is 5.61. The summed E-state index contributed by atoms with van der Waals surface area (Å²) in [6.45, 7) is 2.73. The summed E-state index contributed by atoms with van der Waals surface area (Å²) in [5, 5.41) is 5.58. The lowest BCUT2D eigenvalue weighted by Crippen LogP contribution is -2.43. The molecule has 3 aromatic rings. The quantitative estimate of drug-likeness (QED) is 0.357. The Morgan fingerprint density at radius 3 is 2.58 bits per heavy atom. The fourth-order valence-electron chi connectivity index (χ4n) is 4.51. The molecule has 2 aliphatic rings. The molecule has 1 saturated heterocycles. The molecule has 2 aromatic carbocycles. The highest BCUT2D eigenvalue weighted by atomic mass is 33.1. The van der Waals surface area contributed by atoms with Gasteiger partial charge in [-0.05, 0) is 78.4 Å². The van der Waals surface area contributed by atoms with Gasteiger partial charge in [-0.2, -0.15) is 0 Å². The topological polar surface area (TPSA) is 80.2 Å². The zero-order chi connectivity index (χ0) is 25.3. The van der Waals surface area contributed by atoms with E-state index in [9.17, 15) is 17.6 Å². The molecule has 10 heteroatoms. The highest BCUT2D eigenvalue weighted by Gasteiger charge is 2.42. The minimum absolute atomic E-state index is 0.0353. The third-order valence-corrected chi connectivity index (χ3v) is 11.0. The van der Waals surface area contributed by atoms with E-state index in [0.717, 1.165) is 34.8 Å². The predicted octanol–water partition coefficient (Wildman–Crippen LogP) is 5.29. The number of hydrogen-bond acceptors (Lipinski definition) is 8. The number of likely N-dealkylation sites (tertiary alicyclic amines) is 1. The molecule has 2 heterocycles. The molecule has 6 nitrogen and oxygen atoms in total. The zero-order valence-electron chi connectivity index (χ0n) is 19.7. The minimum Gasteiger partial charge on any atom is -0.297 e. The van der Waals surface area contributed by atoms with Crippen LogP contribution in [-0.4, -0.2) is 47.0 Å². The van der Waals surface area contributed by atoms with Crippen molar-refractivity contribution < 1.29 is 17.6 Å². The van der Waals surface area contributed by atoms with Gasteiger partial charge in [-0.1, -0.05) is 40.4 Å². The van der Waals surface area contributed by atoms with Gasteiger partial charge >= 0.3 is 0 Å². The van der Waals surface area contributed by atoms with Crippen molar-refractivity contribution in [1.29, 1.82) is 0 Å². The van der Waals surface area contributed by atoms with Crippen LogP contribution >= 0.6 is 22.3 Å². The van der Waals surface area contributed by atoms with Crippen molar-refractivity contribution in [2.45, 2.75) is 42.4 Å². The summed E-state index contributed by atoms with van der Waals surface area (Å²) in [5.41, 5.74) is 2.84. The third-order valence-electron chi connectivity index (χ3n) is 6.55. The van der Waals surface area contributed by atoms with Crippen LogP contribution in [0.25, 0.3) is 6.08 Å². The number of aromatic nitrogens is 2. The van der Waals surface area contributed by atoms with E-state index in [1.165, 1.54) is 17.6 Å². The Bertz CT molecular complexity index is 1370. The average molecular weight is 544 g/mol. The largest absolute Gasteiger partial charge is 0.297 e. The van der Waals surface area contributed by atoms with Crippen LogP contribution in [0.1, 0.15) is 42.1 Å². The van der Waals surface area contributed by atoms with E-state index in [-0.39, 0.29) is 21.8 Å². The molecule has 2 atom stereocenters. The van der Waals surface area contributed by atoms with Crippen LogP contribution in [-0.2, 0) is 13.7 Å². The molecule has 0 spiro atoms. The van der Waals surface area contributed by atoms with Crippen LogP contribution in [0.15, 0.2) is 64.4 Å². The number of aryl methyl sites for hydroxylation is 1. The second kappa shape index (κ2) is 10.5. The van der Waals surface area contributed by atoms with Gasteiger partial charge in [0.25, 0.3) is 0 Å². The monoisotopic (exact) mass is 543 g/mol. The second-order valence-electron chi connectivity index (χ2n) is 9.26. The summed E-state index contributed by atoms with van der Waals surface area (Å²) in [4.78, 5) is 15.6. The van der Waals surface area contributed by atoms with Crippen molar-refractivity contribution in [3.05, 3.63) is 82.1 Å². The summed E-state index contributed by atoms with van der Waals surface area (Å²) >= 11 is 1.22. The fourth-order valence-corrected chi connectivity index (χ4v) is 8.52. The highest BCUT2D eigenvalue weighted by Crippen LogP contribution is 2.42. The van der Waals surface area contributed by atoms with Gasteiger partial charge in [0, 0.05) is 35.2 Å². The Balaban J connectivity index is 1.46. The van der Waals surface area contributed by atoms with E-state index in [1.54, 1.807) is 47.8 Å². The van der Waals surface area contributed by atoms with Gasteiger partial charge in [0.1, 0.15) is 5.82 Å². The Morgan fingerprint density at radius 1 is 1.17 bits per heavy atom. The maximum Gasteiger partial charge on any atom is 0.230 e. The van der Waals surface area contributed by atoms with Crippen LogP contribution in [0.2, 0.25) is 0 Å². The Morgan fingerprint density at radius 2 is 1.92 bits per heavy atom. The van der Waals surface area contributed by atoms with Crippen LogP contribution in [0, 0.1) is 18.7 Å². The number of benzene rings is 2. The molecule has 0 bridgehead atoms. The smallest absolute Gasteiger partial charge is 0.230 e. The van der Waals surface area contributed by atoms with Crippen LogP contribution in [0.4, 0.5) is 4.39 Å². The molecule has 0 amide bonds. The molecule has 1 saturated carbocycles. The van der Waals surface area contributed by atoms with Gasteiger partial charge in [-0.3, -0.25) is 9.69 Å². The lowest BCUT2D eigenvalue weighted by molar-refractivity contribution is -0.126. The summed E-state index contributed by atoms with van der Waals surface area (Å²) in [6, 6.07) is 12.6. The number of carbonyl (C=O) groups is 1. The van der Waals surface area contributed by atoms with Gasteiger partial charge in [0.05, 0.1) is 16.6 Å². The molecule has 1 aromatic heterocycles. The van der Waals surface area contributed by atoms with Crippen molar-refractivity contribution in [3.8, 4) is 0 Å². The maximum atomic E-state index is 14.9. The zero-order valence-corrected chi connectivity index (χ0v) is 22.2. The van der Waals surface area contributed by atoms with Crippen LogP contribution in [0.5, 0.6) is 0 Å². The van der Waals surface area contributed by atoms with Crippen molar-refractivity contribution in [2.75, 3.05) is 13.1 Å². The number of nitrogens with zero attached hydrogens (tertiary/aromatic N) is 3. The summed E-state index contributed by atoms with van der Waals surface area (Å²) < 4.78 is 45.3. The first kappa shape index (κ1) is 25.3. The molecular formula is C26H26FN3O3S3. The van der Waals surface area contributed by atoms with Crippen molar-refractivity contribution in [3.63, 3.8) is 0 Å². The molecule has 0 N–H and O–H groups in total. The lowest BCUT2D eigenvalue weighted by Gasteiger charge is -2.38. The van der Waals surface area contributed by atoms with Crippen LogP contribution in [0.3, 0.4) is 0 Å². The van der Waals surface area contributed by atoms with E-state index in [2.05, 4.69) is 9.59 Å². The van der Waals surface area contributed by atoms with Crippen LogP contribution < -0.4 is 0 Å². The number of rotatable bonds is 8. The van der Waals surface area contributed by atoms with Crippen molar-refractivity contribution in [2.24, 2.45) is 5.92 Å². The Hall–Kier alpha value is -2.40. The first-order valence-electron chi connectivity index (χ1n) is 11.8. The van der Waals surface area contributed by atoms with E-state index < -0.39 is 20.7 Å². The average Bonchev–Trinajstić information content (AvgIpc) is 3.59. The molecular weight excluding hydrogens is 518 g/mol. The van der Waals surface area contributed by atoms with Gasteiger partial charge in [0.2, 0.25) is 8.87 Å². The van der Waals surface area contributed by atoms with Crippen molar-refractivity contribution in [1.82, 2.24) is 14.5 Å². The van der Waals surface area contributed by atoms with Gasteiger partial charge in [0.15, 0.2) is 5.78 Å². The van der Waals surface area contributed by atoms with E-state index in [1.807, 2.05) is 17.9 Å². The number of ketones is 1. The molecule has 1 aliphatic heterocycles. The molecule has 0 radical (unpaired) electrons. The lowest BCUT2D eigenvalue weighted by atomic mass is 9.93. The first-order chi connectivity index (χ1) is 17.3. The number of hydrogen-bond donors (Lipinski definition) is 0. The second-order valence-corrected chi connectivity index (χ2v) is 13.9. The normalized spacial score (nSPS) is 20.9.